The highest BCUT2D eigenvalue weighted by atomic mass is 32.2. The average Bonchev–Trinajstić information content (AvgIpc) is 3.04. The molecular formula is C19H31N3O3S. The number of sulfonamides is 1. The maximum Gasteiger partial charge on any atom is 0.245 e. The zero-order valence-corrected chi connectivity index (χ0v) is 17.0. The molecule has 1 aliphatic heterocycles. The summed E-state index contributed by atoms with van der Waals surface area (Å²) in [4.78, 5) is 4.64. The number of anilines is 1. The van der Waals surface area contributed by atoms with Crippen LogP contribution in [-0.4, -0.2) is 48.5 Å². The molecule has 0 bridgehead atoms. The van der Waals surface area contributed by atoms with Gasteiger partial charge >= 0.3 is 0 Å². The predicted octanol–water partition coefficient (Wildman–Crippen LogP) is 3.26. The van der Waals surface area contributed by atoms with Crippen molar-refractivity contribution in [3.8, 4) is 0 Å². The van der Waals surface area contributed by atoms with Gasteiger partial charge in [0.15, 0.2) is 0 Å². The smallest absolute Gasteiger partial charge is 0.245 e. The third kappa shape index (κ3) is 3.89. The van der Waals surface area contributed by atoms with Crippen molar-refractivity contribution in [1.82, 2.24) is 9.29 Å². The second kappa shape index (κ2) is 7.82. The number of hydrogen-bond donors (Lipinski definition) is 1. The van der Waals surface area contributed by atoms with E-state index in [0.717, 1.165) is 38.1 Å². The van der Waals surface area contributed by atoms with E-state index in [1.165, 1.54) is 10.5 Å². The van der Waals surface area contributed by atoms with Crippen LogP contribution in [0.25, 0.3) is 0 Å². The fourth-order valence-electron chi connectivity index (χ4n) is 4.44. The van der Waals surface area contributed by atoms with E-state index in [2.05, 4.69) is 10.3 Å². The number of ether oxygens (including phenoxy) is 1. The number of nitrogens with zero attached hydrogens (tertiary/aromatic N) is 2. The first-order valence-electron chi connectivity index (χ1n) is 9.68. The summed E-state index contributed by atoms with van der Waals surface area (Å²) in [5.74, 6) is 1.27. The van der Waals surface area contributed by atoms with Crippen molar-refractivity contribution in [3.63, 3.8) is 0 Å². The van der Waals surface area contributed by atoms with Crippen molar-refractivity contribution in [3.05, 3.63) is 18.3 Å². The molecule has 1 N–H and O–H groups in total. The van der Waals surface area contributed by atoms with Gasteiger partial charge in [0.05, 0.1) is 6.10 Å². The van der Waals surface area contributed by atoms with Crippen molar-refractivity contribution in [2.24, 2.45) is 5.92 Å². The standard InChI is InChI=1S/C19H31N3O3S/c1-13(2)22(14(3)4)26(23,24)15-8-9-19(20-12-15)21-17-6-5-7-18-16(17)10-11-25-18/h8-9,12-14,16-18H,5-7,10-11H2,1-4H3,(H,20,21). The Morgan fingerprint density at radius 3 is 2.50 bits per heavy atom. The van der Waals surface area contributed by atoms with E-state index >= 15 is 0 Å². The summed E-state index contributed by atoms with van der Waals surface area (Å²) in [6.07, 6.45) is 6.34. The van der Waals surface area contributed by atoms with Crippen LogP contribution in [0.5, 0.6) is 0 Å². The normalized spacial score (nSPS) is 26.5. The molecule has 3 atom stereocenters. The van der Waals surface area contributed by atoms with E-state index in [-0.39, 0.29) is 17.0 Å². The highest BCUT2D eigenvalue weighted by Gasteiger charge is 2.37. The first kappa shape index (κ1) is 19.6. The summed E-state index contributed by atoms with van der Waals surface area (Å²) in [6, 6.07) is 3.60. The lowest BCUT2D eigenvalue weighted by molar-refractivity contribution is 0.0619. The Balaban J connectivity index is 1.74. The molecule has 1 aromatic heterocycles. The molecule has 2 aliphatic rings. The van der Waals surface area contributed by atoms with Gasteiger partial charge in [-0.25, -0.2) is 13.4 Å². The van der Waals surface area contributed by atoms with Crippen molar-refractivity contribution in [2.45, 2.75) is 82.5 Å². The van der Waals surface area contributed by atoms with Crippen LogP contribution in [0.2, 0.25) is 0 Å². The zero-order chi connectivity index (χ0) is 18.9. The molecule has 26 heavy (non-hydrogen) atoms. The Labute approximate surface area is 157 Å². The molecule has 7 heteroatoms. The minimum absolute atomic E-state index is 0.0978. The molecule has 0 spiro atoms. The largest absolute Gasteiger partial charge is 0.378 e. The molecule has 2 heterocycles. The molecule has 1 aromatic rings. The Hall–Kier alpha value is -1.18. The fraction of sp³-hybridized carbons (Fsp3) is 0.737. The van der Waals surface area contributed by atoms with Crippen molar-refractivity contribution in [1.29, 1.82) is 0 Å². The summed E-state index contributed by atoms with van der Waals surface area (Å²) in [5.41, 5.74) is 0. The number of nitrogens with one attached hydrogen (secondary N) is 1. The van der Waals surface area contributed by atoms with Crippen molar-refractivity contribution in [2.75, 3.05) is 11.9 Å². The molecule has 0 aromatic carbocycles. The van der Waals surface area contributed by atoms with E-state index in [1.54, 1.807) is 12.1 Å². The predicted molar refractivity (Wildman–Crippen MR) is 103 cm³/mol. The molecule has 1 saturated carbocycles. The topological polar surface area (TPSA) is 71.5 Å². The van der Waals surface area contributed by atoms with E-state index in [4.69, 9.17) is 4.74 Å². The van der Waals surface area contributed by atoms with Gasteiger partial charge in [-0.3, -0.25) is 0 Å². The van der Waals surface area contributed by atoms with E-state index in [9.17, 15) is 8.42 Å². The van der Waals surface area contributed by atoms with Gasteiger partial charge < -0.3 is 10.1 Å². The summed E-state index contributed by atoms with van der Waals surface area (Å²) >= 11 is 0. The summed E-state index contributed by atoms with van der Waals surface area (Å²) < 4.78 is 33.2. The fourth-order valence-corrected chi connectivity index (χ4v) is 6.22. The number of aromatic nitrogens is 1. The molecule has 1 saturated heterocycles. The molecule has 146 valence electrons. The monoisotopic (exact) mass is 381 g/mol. The SMILES string of the molecule is CC(C)N(C(C)C)S(=O)(=O)c1ccc(NC2CCCC3OCCC23)nc1. The second-order valence-corrected chi connectivity index (χ2v) is 9.79. The molecule has 1 aliphatic carbocycles. The van der Waals surface area contributed by atoms with Crippen LogP contribution in [0.1, 0.15) is 53.4 Å². The molecule has 3 rings (SSSR count). The van der Waals surface area contributed by atoms with Gasteiger partial charge in [-0.05, 0) is 65.5 Å². The third-order valence-corrected chi connectivity index (χ3v) is 7.68. The number of fused-ring (bicyclic) bond motifs is 1. The maximum absolute atomic E-state index is 12.9. The Bertz CT molecular complexity index is 695. The lowest BCUT2D eigenvalue weighted by atomic mass is 9.82. The lowest BCUT2D eigenvalue weighted by Gasteiger charge is -2.33. The van der Waals surface area contributed by atoms with Gasteiger partial charge in [0.1, 0.15) is 10.7 Å². The molecule has 3 unspecified atom stereocenters. The molecule has 6 nitrogen and oxygen atoms in total. The van der Waals surface area contributed by atoms with Gasteiger partial charge in [0.2, 0.25) is 10.0 Å². The van der Waals surface area contributed by atoms with E-state index in [1.807, 2.05) is 27.7 Å². The van der Waals surface area contributed by atoms with Crippen LogP contribution in [0.3, 0.4) is 0 Å². The minimum atomic E-state index is -3.54. The van der Waals surface area contributed by atoms with Crippen LogP contribution in [0, 0.1) is 5.92 Å². The quantitative estimate of drug-likeness (QED) is 0.819. The average molecular weight is 382 g/mol. The lowest BCUT2D eigenvalue weighted by Crippen LogP contribution is -2.42. The first-order valence-corrected chi connectivity index (χ1v) is 11.1. The summed E-state index contributed by atoms with van der Waals surface area (Å²) in [6.45, 7) is 8.42. The molecule has 2 fully saturated rings. The van der Waals surface area contributed by atoms with Gasteiger partial charge in [-0.15, -0.1) is 0 Å². The number of rotatable bonds is 6. The van der Waals surface area contributed by atoms with Crippen LogP contribution < -0.4 is 5.32 Å². The van der Waals surface area contributed by atoms with Crippen LogP contribution in [0.4, 0.5) is 5.82 Å². The van der Waals surface area contributed by atoms with Crippen LogP contribution >= 0.6 is 0 Å². The maximum atomic E-state index is 12.9. The van der Waals surface area contributed by atoms with E-state index in [0.29, 0.717) is 18.1 Å². The Morgan fingerprint density at radius 2 is 1.88 bits per heavy atom. The summed E-state index contributed by atoms with van der Waals surface area (Å²) in [5, 5.41) is 3.51. The number of pyridine rings is 1. The molecular weight excluding hydrogens is 350 g/mol. The van der Waals surface area contributed by atoms with Gasteiger partial charge in [0, 0.05) is 36.8 Å². The summed E-state index contributed by atoms with van der Waals surface area (Å²) in [7, 11) is -3.54. The van der Waals surface area contributed by atoms with Crippen molar-refractivity contribution < 1.29 is 13.2 Å². The molecule has 0 amide bonds. The highest BCUT2D eigenvalue weighted by Crippen LogP contribution is 2.35. The zero-order valence-electron chi connectivity index (χ0n) is 16.2. The van der Waals surface area contributed by atoms with Gasteiger partial charge in [0.25, 0.3) is 0 Å². The second-order valence-electron chi connectivity index (χ2n) is 7.95. The number of hydrogen-bond acceptors (Lipinski definition) is 5. The Morgan fingerprint density at radius 1 is 1.15 bits per heavy atom. The van der Waals surface area contributed by atoms with E-state index < -0.39 is 10.0 Å². The van der Waals surface area contributed by atoms with Gasteiger partial charge in [-0.1, -0.05) is 0 Å². The van der Waals surface area contributed by atoms with Crippen LogP contribution in [-0.2, 0) is 14.8 Å². The van der Waals surface area contributed by atoms with Crippen molar-refractivity contribution >= 4 is 15.8 Å². The molecule has 0 radical (unpaired) electrons. The third-order valence-electron chi connectivity index (χ3n) is 5.44. The van der Waals surface area contributed by atoms with Crippen LogP contribution in [0.15, 0.2) is 23.2 Å². The Kier molecular flexibility index (Phi) is 5.89. The van der Waals surface area contributed by atoms with Gasteiger partial charge in [-0.2, -0.15) is 4.31 Å². The minimum Gasteiger partial charge on any atom is -0.378 e. The first-order chi connectivity index (χ1) is 12.3. The highest BCUT2D eigenvalue weighted by molar-refractivity contribution is 7.89.